The predicted molar refractivity (Wildman–Crippen MR) is 74.8 cm³/mol. The Morgan fingerprint density at radius 1 is 1.16 bits per heavy atom. The van der Waals surface area contributed by atoms with Gasteiger partial charge in [0.05, 0.1) is 0 Å². The number of primary amides is 1. The van der Waals surface area contributed by atoms with Crippen molar-refractivity contribution in [1.29, 1.82) is 0 Å². The van der Waals surface area contributed by atoms with Crippen LogP contribution in [0.2, 0.25) is 5.02 Å². The first-order valence-corrected chi connectivity index (χ1v) is 6.01. The maximum Gasteiger partial charge on any atom is 0.314 e. The van der Waals surface area contributed by atoms with Gasteiger partial charge in [-0.15, -0.1) is 0 Å². The maximum atomic E-state index is 11.1. The van der Waals surface area contributed by atoms with E-state index in [0.717, 1.165) is 11.3 Å². The third kappa shape index (κ3) is 3.86. The number of anilines is 1. The van der Waals surface area contributed by atoms with Gasteiger partial charge >= 0.3 is 6.03 Å². The molecular weight excluding hydrogens is 264 g/mol. The molecule has 0 aliphatic heterocycles. The van der Waals surface area contributed by atoms with Crippen molar-refractivity contribution in [2.45, 2.75) is 6.17 Å². The quantitative estimate of drug-likeness (QED) is 0.751. The summed E-state index contributed by atoms with van der Waals surface area (Å²) in [5.41, 5.74) is 6.86. The molecule has 1 heterocycles. The average molecular weight is 277 g/mol. The fraction of sp³-hybridized carbons (Fsp3) is 0.0769. The van der Waals surface area contributed by atoms with Crippen LogP contribution in [0.4, 0.5) is 10.5 Å². The maximum absolute atomic E-state index is 11.1. The van der Waals surface area contributed by atoms with Gasteiger partial charge in [0.2, 0.25) is 0 Å². The average Bonchev–Trinajstić information content (AvgIpc) is 2.39. The predicted octanol–water partition coefficient (Wildman–Crippen LogP) is 2.51. The second-order valence-corrected chi connectivity index (χ2v) is 4.31. The molecule has 1 unspecified atom stereocenters. The molecule has 19 heavy (non-hydrogen) atoms. The van der Waals surface area contributed by atoms with Gasteiger partial charge in [0.15, 0.2) is 0 Å². The number of urea groups is 1. The number of pyridine rings is 1. The molecular formula is C13H13ClN4O. The molecule has 0 fully saturated rings. The summed E-state index contributed by atoms with van der Waals surface area (Å²) >= 11 is 5.84. The second kappa shape index (κ2) is 6.06. The van der Waals surface area contributed by atoms with E-state index in [9.17, 15) is 4.79 Å². The monoisotopic (exact) mass is 276 g/mol. The van der Waals surface area contributed by atoms with Crippen LogP contribution < -0.4 is 16.4 Å². The van der Waals surface area contributed by atoms with Gasteiger partial charge in [-0.1, -0.05) is 23.7 Å². The summed E-state index contributed by atoms with van der Waals surface area (Å²) in [7, 11) is 0. The molecule has 0 radical (unpaired) electrons. The van der Waals surface area contributed by atoms with Crippen molar-refractivity contribution in [3.8, 4) is 0 Å². The van der Waals surface area contributed by atoms with E-state index in [1.807, 2.05) is 12.1 Å². The van der Waals surface area contributed by atoms with E-state index in [-0.39, 0.29) is 0 Å². The number of benzene rings is 1. The zero-order valence-electron chi connectivity index (χ0n) is 10.0. The Labute approximate surface area is 115 Å². The van der Waals surface area contributed by atoms with Gasteiger partial charge in [-0.05, 0) is 29.8 Å². The first kappa shape index (κ1) is 13.2. The Kier molecular flexibility index (Phi) is 4.20. The van der Waals surface area contributed by atoms with Crippen molar-refractivity contribution in [3.63, 3.8) is 0 Å². The first-order valence-electron chi connectivity index (χ1n) is 5.63. The van der Waals surface area contributed by atoms with E-state index in [1.54, 1.807) is 36.7 Å². The minimum atomic E-state index is -0.610. The fourth-order valence-corrected chi connectivity index (χ4v) is 1.74. The van der Waals surface area contributed by atoms with Crippen molar-refractivity contribution in [2.24, 2.45) is 5.73 Å². The number of carbonyl (C=O) groups excluding carboxylic acids is 1. The van der Waals surface area contributed by atoms with Gasteiger partial charge in [0, 0.05) is 23.1 Å². The highest BCUT2D eigenvalue weighted by atomic mass is 35.5. The Balaban J connectivity index is 2.20. The molecule has 2 aromatic rings. The van der Waals surface area contributed by atoms with Gasteiger partial charge < -0.3 is 16.4 Å². The SMILES string of the molecule is NC(=O)NC(Nc1ccncc1)c1ccc(Cl)cc1. The molecule has 0 aliphatic carbocycles. The summed E-state index contributed by atoms with van der Waals surface area (Å²) in [4.78, 5) is 15.0. The molecule has 0 saturated heterocycles. The number of rotatable bonds is 4. The lowest BCUT2D eigenvalue weighted by Crippen LogP contribution is -2.37. The van der Waals surface area contributed by atoms with Gasteiger partial charge in [-0.3, -0.25) is 4.98 Å². The third-order valence-electron chi connectivity index (χ3n) is 2.48. The lowest BCUT2D eigenvalue weighted by atomic mass is 10.1. The summed E-state index contributed by atoms with van der Waals surface area (Å²) < 4.78 is 0. The van der Waals surface area contributed by atoms with Crippen LogP contribution in [0, 0.1) is 0 Å². The number of halogens is 1. The highest BCUT2D eigenvalue weighted by Gasteiger charge is 2.12. The van der Waals surface area contributed by atoms with E-state index in [1.165, 1.54) is 0 Å². The summed E-state index contributed by atoms with van der Waals surface area (Å²) in [6, 6.07) is 10.1. The Morgan fingerprint density at radius 3 is 2.37 bits per heavy atom. The van der Waals surface area contributed by atoms with E-state index in [2.05, 4.69) is 15.6 Å². The van der Waals surface area contributed by atoms with Crippen LogP contribution in [0.5, 0.6) is 0 Å². The normalized spacial score (nSPS) is 11.6. The van der Waals surface area contributed by atoms with Crippen LogP contribution in [-0.2, 0) is 0 Å². The van der Waals surface area contributed by atoms with Crippen molar-refractivity contribution in [1.82, 2.24) is 10.3 Å². The molecule has 1 aromatic carbocycles. The smallest absolute Gasteiger partial charge is 0.314 e. The molecule has 4 N–H and O–H groups in total. The first-order chi connectivity index (χ1) is 9.15. The third-order valence-corrected chi connectivity index (χ3v) is 2.73. The zero-order chi connectivity index (χ0) is 13.7. The Bertz CT molecular complexity index is 544. The van der Waals surface area contributed by atoms with Gasteiger partial charge in [-0.25, -0.2) is 4.79 Å². The van der Waals surface area contributed by atoms with Crippen LogP contribution in [0.1, 0.15) is 11.7 Å². The lowest BCUT2D eigenvalue weighted by molar-refractivity contribution is 0.246. The van der Waals surface area contributed by atoms with Crippen LogP contribution in [0.25, 0.3) is 0 Å². The summed E-state index contributed by atoms with van der Waals surface area (Å²) in [5, 5.41) is 6.41. The number of carbonyl (C=O) groups is 1. The van der Waals surface area contributed by atoms with Crippen molar-refractivity contribution >= 4 is 23.3 Å². The highest BCUT2D eigenvalue weighted by molar-refractivity contribution is 6.30. The Morgan fingerprint density at radius 2 is 1.79 bits per heavy atom. The topological polar surface area (TPSA) is 80.0 Å². The molecule has 6 heteroatoms. The molecule has 2 rings (SSSR count). The summed E-state index contributed by atoms with van der Waals surface area (Å²) in [5.74, 6) is 0. The molecule has 0 spiro atoms. The van der Waals surface area contributed by atoms with Gasteiger partial charge in [0.25, 0.3) is 0 Å². The van der Waals surface area contributed by atoms with Crippen molar-refractivity contribution in [3.05, 3.63) is 59.4 Å². The number of aromatic nitrogens is 1. The molecule has 0 bridgehead atoms. The summed E-state index contributed by atoms with van der Waals surface area (Å²) in [6.07, 6.45) is 2.88. The minimum Gasteiger partial charge on any atom is -0.361 e. The highest BCUT2D eigenvalue weighted by Crippen LogP contribution is 2.19. The number of nitrogens with one attached hydrogen (secondary N) is 2. The number of hydrogen-bond donors (Lipinski definition) is 3. The lowest BCUT2D eigenvalue weighted by Gasteiger charge is -2.20. The van der Waals surface area contributed by atoms with Gasteiger partial charge in [0.1, 0.15) is 6.17 Å². The standard InChI is InChI=1S/C13H13ClN4O/c14-10-3-1-9(2-4-10)12(18-13(15)19)17-11-5-7-16-8-6-11/h1-8,12H,(H,16,17)(H3,15,18,19). The van der Waals surface area contributed by atoms with Crippen molar-refractivity contribution < 1.29 is 4.79 Å². The van der Waals surface area contributed by atoms with Crippen LogP contribution in [0.15, 0.2) is 48.8 Å². The Hall–Kier alpha value is -2.27. The molecule has 1 atom stereocenters. The number of amides is 2. The van der Waals surface area contributed by atoms with Crippen LogP contribution in [0.3, 0.4) is 0 Å². The van der Waals surface area contributed by atoms with E-state index in [4.69, 9.17) is 17.3 Å². The molecule has 0 aliphatic rings. The molecule has 98 valence electrons. The minimum absolute atomic E-state index is 0.433. The number of nitrogens with two attached hydrogens (primary N) is 1. The van der Waals surface area contributed by atoms with Crippen molar-refractivity contribution in [2.75, 3.05) is 5.32 Å². The fourth-order valence-electron chi connectivity index (χ4n) is 1.62. The van der Waals surface area contributed by atoms with E-state index in [0.29, 0.717) is 5.02 Å². The molecule has 1 aromatic heterocycles. The molecule has 5 nitrogen and oxygen atoms in total. The zero-order valence-corrected chi connectivity index (χ0v) is 10.8. The summed E-state index contributed by atoms with van der Waals surface area (Å²) in [6.45, 7) is 0. The van der Waals surface area contributed by atoms with Crippen LogP contribution >= 0.6 is 11.6 Å². The number of hydrogen-bond acceptors (Lipinski definition) is 3. The molecule has 2 amide bonds. The van der Waals surface area contributed by atoms with E-state index < -0.39 is 12.2 Å². The largest absolute Gasteiger partial charge is 0.361 e. The van der Waals surface area contributed by atoms with Gasteiger partial charge in [-0.2, -0.15) is 0 Å². The second-order valence-electron chi connectivity index (χ2n) is 3.87. The van der Waals surface area contributed by atoms with Crippen LogP contribution in [-0.4, -0.2) is 11.0 Å². The van der Waals surface area contributed by atoms with E-state index >= 15 is 0 Å². The molecule has 0 saturated carbocycles. The number of nitrogens with zero attached hydrogens (tertiary/aromatic N) is 1.